The number of hydrogen-bond donors (Lipinski definition) is 1. The first kappa shape index (κ1) is 27.5. The van der Waals surface area contributed by atoms with E-state index in [1.165, 1.54) is 34.5 Å². The Bertz CT molecular complexity index is 1360. The number of hydrogen-bond acceptors (Lipinski definition) is 7. The predicted octanol–water partition coefficient (Wildman–Crippen LogP) is 5.59. The Morgan fingerprint density at radius 2 is 1.38 bits per heavy atom. The van der Waals surface area contributed by atoms with Crippen LogP contribution in [-0.4, -0.2) is 43.2 Å². The SMILES string of the molecule is COc1ccc(/C=C\c2cc(OC)c(OC)c(OC)c2)cc1NS(=O)(=O)c1cccc(OC(F)(F)F)c1. The maximum Gasteiger partial charge on any atom is 0.573 e. The third-order valence-electron chi connectivity index (χ3n) is 4.97. The first-order chi connectivity index (χ1) is 17.5. The normalized spacial score (nSPS) is 11.8. The Morgan fingerprint density at radius 3 is 1.95 bits per heavy atom. The van der Waals surface area contributed by atoms with Crippen molar-refractivity contribution in [2.24, 2.45) is 0 Å². The van der Waals surface area contributed by atoms with Gasteiger partial charge in [0.2, 0.25) is 5.75 Å². The Hall–Kier alpha value is -4.06. The quantitative estimate of drug-likeness (QED) is 0.336. The van der Waals surface area contributed by atoms with Gasteiger partial charge in [-0.25, -0.2) is 8.42 Å². The van der Waals surface area contributed by atoms with Gasteiger partial charge < -0.3 is 23.7 Å². The fraction of sp³-hybridized carbons (Fsp3) is 0.200. The summed E-state index contributed by atoms with van der Waals surface area (Å²) in [5, 5.41) is 0. The number of rotatable bonds is 10. The molecule has 3 aromatic rings. The maximum atomic E-state index is 12.9. The highest BCUT2D eigenvalue weighted by molar-refractivity contribution is 7.92. The number of benzene rings is 3. The number of anilines is 1. The highest BCUT2D eigenvalue weighted by Gasteiger charge is 2.31. The third kappa shape index (κ3) is 7.00. The summed E-state index contributed by atoms with van der Waals surface area (Å²) in [4.78, 5) is -0.422. The number of alkyl halides is 3. The second kappa shape index (κ2) is 11.3. The lowest BCUT2D eigenvalue weighted by molar-refractivity contribution is -0.274. The molecule has 0 atom stereocenters. The minimum Gasteiger partial charge on any atom is -0.495 e. The highest BCUT2D eigenvalue weighted by atomic mass is 32.2. The lowest BCUT2D eigenvalue weighted by Crippen LogP contribution is -2.18. The smallest absolute Gasteiger partial charge is 0.495 e. The average molecular weight is 540 g/mol. The molecular weight excluding hydrogens is 515 g/mol. The summed E-state index contributed by atoms with van der Waals surface area (Å²) in [6, 6.07) is 12.3. The zero-order chi connectivity index (χ0) is 27.2. The lowest BCUT2D eigenvalue weighted by Gasteiger charge is -2.14. The second-order valence-corrected chi connectivity index (χ2v) is 9.06. The second-order valence-electron chi connectivity index (χ2n) is 7.38. The molecule has 0 aliphatic heterocycles. The molecule has 0 aliphatic rings. The average Bonchev–Trinajstić information content (AvgIpc) is 2.85. The lowest BCUT2D eigenvalue weighted by atomic mass is 10.1. The van der Waals surface area contributed by atoms with Crippen molar-refractivity contribution in [1.29, 1.82) is 0 Å². The van der Waals surface area contributed by atoms with Crippen molar-refractivity contribution < 1.29 is 45.3 Å². The van der Waals surface area contributed by atoms with Gasteiger partial charge in [0.15, 0.2) is 11.5 Å². The molecule has 0 aliphatic carbocycles. The predicted molar refractivity (Wildman–Crippen MR) is 132 cm³/mol. The first-order valence-corrected chi connectivity index (χ1v) is 12.0. The summed E-state index contributed by atoms with van der Waals surface area (Å²) in [6.07, 6.45) is -1.49. The van der Waals surface area contributed by atoms with Gasteiger partial charge in [0, 0.05) is 6.07 Å². The monoisotopic (exact) mass is 539 g/mol. The summed E-state index contributed by atoms with van der Waals surface area (Å²) in [5.74, 6) is 0.899. The summed E-state index contributed by atoms with van der Waals surface area (Å²) in [5.41, 5.74) is 1.40. The van der Waals surface area contributed by atoms with E-state index in [2.05, 4.69) is 9.46 Å². The van der Waals surface area contributed by atoms with Crippen molar-refractivity contribution >= 4 is 27.9 Å². The van der Waals surface area contributed by atoms with Crippen molar-refractivity contribution in [3.8, 4) is 28.7 Å². The van der Waals surface area contributed by atoms with Gasteiger partial charge in [-0.05, 0) is 47.5 Å². The first-order valence-electron chi connectivity index (χ1n) is 10.5. The number of halogens is 3. The molecule has 0 radical (unpaired) electrons. The van der Waals surface area contributed by atoms with Gasteiger partial charge in [-0.1, -0.05) is 24.3 Å². The van der Waals surface area contributed by atoms with Crippen molar-refractivity contribution in [2.45, 2.75) is 11.3 Å². The summed E-state index contributed by atoms with van der Waals surface area (Å²) < 4.78 is 90.9. The van der Waals surface area contributed by atoms with E-state index in [0.29, 0.717) is 28.4 Å². The molecule has 12 heteroatoms. The van der Waals surface area contributed by atoms with Crippen molar-refractivity contribution in [3.05, 3.63) is 65.7 Å². The summed E-state index contributed by atoms with van der Waals surface area (Å²) >= 11 is 0. The van der Waals surface area contributed by atoms with E-state index in [1.807, 2.05) is 0 Å². The van der Waals surface area contributed by atoms with Crippen LogP contribution in [-0.2, 0) is 10.0 Å². The fourth-order valence-electron chi connectivity index (χ4n) is 3.34. The van der Waals surface area contributed by atoms with Crippen LogP contribution in [0.15, 0.2) is 59.5 Å². The van der Waals surface area contributed by atoms with Crippen LogP contribution in [0, 0.1) is 0 Å². The Morgan fingerprint density at radius 1 is 0.757 bits per heavy atom. The van der Waals surface area contributed by atoms with Crippen LogP contribution >= 0.6 is 0 Å². The Kier molecular flexibility index (Phi) is 8.43. The van der Waals surface area contributed by atoms with Gasteiger partial charge in [-0.15, -0.1) is 13.2 Å². The molecule has 3 rings (SSSR count). The fourth-order valence-corrected chi connectivity index (χ4v) is 4.44. The molecule has 0 heterocycles. The molecule has 0 aromatic heterocycles. The van der Waals surface area contributed by atoms with E-state index >= 15 is 0 Å². The van der Waals surface area contributed by atoms with Crippen LogP contribution in [0.25, 0.3) is 12.2 Å². The summed E-state index contributed by atoms with van der Waals surface area (Å²) in [6.45, 7) is 0. The van der Waals surface area contributed by atoms with Gasteiger partial charge in [0.25, 0.3) is 10.0 Å². The Labute approximate surface area is 212 Å². The van der Waals surface area contributed by atoms with E-state index in [0.717, 1.165) is 24.3 Å². The molecule has 0 fully saturated rings. The van der Waals surface area contributed by atoms with Gasteiger partial charge in [0.05, 0.1) is 39.0 Å². The third-order valence-corrected chi connectivity index (χ3v) is 6.34. The van der Waals surface area contributed by atoms with Crippen molar-refractivity contribution in [1.82, 2.24) is 0 Å². The zero-order valence-electron chi connectivity index (χ0n) is 20.3. The molecule has 0 bridgehead atoms. The molecule has 198 valence electrons. The van der Waals surface area contributed by atoms with Crippen LogP contribution in [0.2, 0.25) is 0 Å². The molecule has 3 aromatic carbocycles. The molecular formula is C25H24F3NO7S. The molecule has 37 heavy (non-hydrogen) atoms. The van der Waals surface area contributed by atoms with E-state index in [-0.39, 0.29) is 11.4 Å². The molecule has 1 N–H and O–H groups in total. The van der Waals surface area contributed by atoms with Crippen LogP contribution in [0.1, 0.15) is 11.1 Å². The highest BCUT2D eigenvalue weighted by Crippen LogP contribution is 2.39. The van der Waals surface area contributed by atoms with Crippen molar-refractivity contribution in [2.75, 3.05) is 33.2 Å². The van der Waals surface area contributed by atoms with E-state index in [9.17, 15) is 21.6 Å². The zero-order valence-corrected chi connectivity index (χ0v) is 21.1. The van der Waals surface area contributed by atoms with E-state index < -0.39 is 27.0 Å². The van der Waals surface area contributed by atoms with Crippen LogP contribution in [0.4, 0.5) is 18.9 Å². The minimum absolute atomic E-state index is 0.0803. The van der Waals surface area contributed by atoms with Crippen LogP contribution in [0.5, 0.6) is 28.7 Å². The molecule has 0 saturated heterocycles. The largest absolute Gasteiger partial charge is 0.573 e. The van der Waals surface area contributed by atoms with Gasteiger partial charge in [-0.3, -0.25) is 4.72 Å². The molecule has 0 unspecified atom stereocenters. The number of sulfonamides is 1. The van der Waals surface area contributed by atoms with Gasteiger partial charge in [-0.2, -0.15) is 0 Å². The van der Waals surface area contributed by atoms with Gasteiger partial charge >= 0.3 is 6.36 Å². The summed E-state index contributed by atoms with van der Waals surface area (Å²) in [7, 11) is 1.57. The standard InChI is InChI=1S/C25H24F3NO7S/c1-32-21-11-10-16(8-9-17-13-22(33-2)24(35-4)23(14-17)34-3)12-20(21)29-37(30,31)19-7-5-6-18(15-19)36-25(26,27)28/h5-15,29H,1-4H3/b9-8-. The molecule has 0 amide bonds. The topological polar surface area (TPSA) is 92.3 Å². The maximum absolute atomic E-state index is 12.9. The van der Waals surface area contributed by atoms with Crippen LogP contribution < -0.4 is 28.4 Å². The molecule has 0 spiro atoms. The molecule has 0 saturated carbocycles. The van der Waals surface area contributed by atoms with E-state index in [1.54, 1.807) is 36.4 Å². The minimum atomic E-state index is -4.96. The van der Waals surface area contributed by atoms with Crippen molar-refractivity contribution in [3.63, 3.8) is 0 Å². The molecule has 8 nitrogen and oxygen atoms in total. The number of ether oxygens (including phenoxy) is 5. The number of nitrogens with one attached hydrogen (secondary N) is 1. The van der Waals surface area contributed by atoms with Crippen LogP contribution in [0.3, 0.4) is 0 Å². The number of methoxy groups -OCH3 is 4. The Balaban J connectivity index is 1.91. The van der Waals surface area contributed by atoms with E-state index in [4.69, 9.17) is 18.9 Å². The van der Waals surface area contributed by atoms with Gasteiger partial charge in [0.1, 0.15) is 11.5 Å².